The van der Waals surface area contributed by atoms with Gasteiger partial charge in [-0.3, -0.25) is 9.59 Å². The summed E-state index contributed by atoms with van der Waals surface area (Å²) in [6, 6.07) is 20.3. The molecule has 0 saturated heterocycles. The quantitative estimate of drug-likeness (QED) is 0.248. The lowest BCUT2D eigenvalue weighted by molar-refractivity contribution is -0.125. The number of nitrogens with zero attached hydrogens (tertiary/aromatic N) is 1. The number of benzene rings is 2. The number of rotatable bonds is 11. The normalized spacial score (nSPS) is 17.7. The third-order valence-corrected chi connectivity index (χ3v) is 7.65. The highest BCUT2D eigenvalue weighted by Gasteiger charge is 2.29. The number of hydrogen-bond donors (Lipinski definition) is 3. The fourth-order valence-corrected chi connectivity index (χ4v) is 4.98. The predicted octanol–water partition coefficient (Wildman–Crippen LogP) is 5.70. The second kappa shape index (κ2) is 14.2. The van der Waals surface area contributed by atoms with E-state index < -0.39 is 17.3 Å². The van der Waals surface area contributed by atoms with Gasteiger partial charge in [0.25, 0.3) is 0 Å². The number of alkyl halides is 1. The van der Waals surface area contributed by atoms with Crippen molar-refractivity contribution in [1.29, 1.82) is 5.26 Å². The Morgan fingerprint density at radius 3 is 2.49 bits per heavy atom. The second-order valence-corrected chi connectivity index (χ2v) is 10.9. The van der Waals surface area contributed by atoms with Crippen LogP contribution in [0.15, 0.2) is 83.3 Å². The summed E-state index contributed by atoms with van der Waals surface area (Å²) in [5.41, 5.74) is 3.33. The SMILES string of the molecule is CNC(=O)C[C@@H](Cc1ccc(C#N)cc1)NC(=O)C1C=C(c2ccc(CN[C@H](C)c3ccc(Cl)cc3)o2)C=CC1Cl. The van der Waals surface area contributed by atoms with Gasteiger partial charge in [-0.2, -0.15) is 5.26 Å². The molecule has 4 atom stereocenters. The second-order valence-electron chi connectivity index (χ2n) is 9.97. The fourth-order valence-electron chi connectivity index (χ4n) is 4.59. The lowest BCUT2D eigenvalue weighted by atomic mass is 9.93. The maximum Gasteiger partial charge on any atom is 0.229 e. The van der Waals surface area contributed by atoms with Gasteiger partial charge >= 0.3 is 0 Å². The van der Waals surface area contributed by atoms with E-state index in [0.717, 1.165) is 22.5 Å². The molecular weight excluding hydrogens is 559 g/mol. The van der Waals surface area contributed by atoms with Crippen LogP contribution in [0.2, 0.25) is 5.02 Å². The summed E-state index contributed by atoms with van der Waals surface area (Å²) >= 11 is 12.5. The van der Waals surface area contributed by atoms with Gasteiger partial charge in [-0.05, 0) is 60.9 Å². The Balaban J connectivity index is 1.42. The fraction of sp³-hybridized carbons (Fsp3) is 0.281. The first-order chi connectivity index (χ1) is 19.7. The van der Waals surface area contributed by atoms with Gasteiger partial charge in [-0.25, -0.2) is 0 Å². The maximum atomic E-state index is 13.4. The van der Waals surface area contributed by atoms with E-state index >= 15 is 0 Å². The number of halogens is 2. The highest BCUT2D eigenvalue weighted by atomic mass is 35.5. The van der Waals surface area contributed by atoms with Crippen molar-refractivity contribution in [3.05, 3.63) is 112 Å². The van der Waals surface area contributed by atoms with Crippen LogP contribution in [-0.4, -0.2) is 30.3 Å². The Kier molecular flexibility index (Phi) is 10.4. The minimum Gasteiger partial charge on any atom is -0.460 e. The molecule has 0 radical (unpaired) electrons. The summed E-state index contributed by atoms with van der Waals surface area (Å²) in [4.78, 5) is 25.6. The van der Waals surface area contributed by atoms with Crippen LogP contribution in [0.1, 0.15) is 47.6 Å². The van der Waals surface area contributed by atoms with Crippen LogP contribution < -0.4 is 16.0 Å². The van der Waals surface area contributed by atoms with Gasteiger partial charge in [0.2, 0.25) is 11.8 Å². The zero-order chi connectivity index (χ0) is 29.4. The van der Waals surface area contributed by atoms with Gasteiger partial charge in [-0.1, -0.05) is 54.1 Å². The molecule has 0 bridgehead atoms. The number of allylic oxidation sites excluding steroid dienone is 3. The summed E-state index contributed by atoms with van der Waals surface area (Å²) in [6.07, 6.45) is 5.97. The Labute approximate surface area is 250 Å². The topological polar surface area (TPSA) is 107 Å². The van der Waals surface area contributed by atoms with E-state index in [-0.39, 0.29) is 24.3 Å². The van der Waals surface area contributed by atoms with E-state index in [4.69, 9.17) is 32.9 Å². The van der Waals surface area contributed by atoms with Crippen LogP contribution in [0, 0.1) is 17.2 Å². The van der Waals surface area contributed by atoms with Crippen molar-refractivity contribution in [1.82, 2.24) is 16.0 Å². The van der Waals surface area contributed by atoms with Crippen molar-refractivity contribution in [3.63, 3.8) is 0 Å². The Morgan fingerprint density at radius 2 is 1.80 bits per heavy atom. The highest BCUT2D eigenvalue weighted by molar-refractivity contribution is 6.30. The molecule has 2 aromatic carbocycles. The van der Waals surface area contributed by atoms with Crippen LogP contribution in [0.5, 0.6) is 0 Å². The molecule has 3 aromatic rings. The number of furan rings is 1. The van der Waals surface area contributed by atoms with Crippen molar-refractivity contribution >= 4 is 40.6 Å². The largest absolute Gasteiger partial charge is 0.460 e. The van der Waals surface area contributed by atoms with Gasteiger partial charge in [0.1, 0.15) is 11.5 Å². The summed E-state index contributed by atoms with van der Waals surface area (Å²) in [5, 5.41) is 18.3. The first kappa shape index (κ1) is 30.1. The van der Waals surface area contributed by atoms with Crippen LogP contribution in [-0.2, 0) is 22.6 Å². The molecular formula is C32H32Cl2N4O3. The first-order valence-electron chi connectivity index (χ1n) is 13.4. The molecule has 1 aliphatic rings. The van der Waals surface area contributed by atoms with Crippen molar-refractivity contribution in [2.45, 2.75) is 43.8 Å². The van der Waals surface area contributed by atoms with E-state index in [1.54, 1.807) is 31.3 Å². The number of carbonyl (C=O) groups excluding carboxylic acids is 2. The first-order valence-corrected chi connectivity index (χ1v) is 14.2. The lowest BCUT2D eigenvalue weighted by Crippen LogP contribution is -2.44. The number of amides is 2. The van der Waals surface area contributed by atoms with Crippen LogP contribution in [0.4, 0.5) is 0 Å². The van der Waals surface area contributed by atoms with Crippen LogP contribution in [0.3, 0.4) is 0 Å². The predicted molar refractivity (Wildman–Crippen MR) is 161 cm³/mol. The lowest BCUT2D eigenvalue weighted by Gasteiger charge is -2.24. The summed E-state index contributed by atoms with van der Waals surface area (Å²) in [7, 11) is 1.56. The highest BCUT2D eigenvalue weighted by Crippen LogP contribution is 2.29. The molecule has 212 valence electrons. The molecule has 1 aromatic heterocycles. The third kappa shape index (κ3) is 8.34. The zero-order valence-corrected chi connectivity index (χ0v) is 24.4. The Bertz CT molecular complexity index is 1460. The zero-order valence-electron chi connectivity index (χ0n) is 22.9. The molecule has 2 amide bonds. The molecule has 41 heavy (non-hydrogen) atoms. The average Bonchev–Trinajstić information content (AvgIpc) is 3.46. The molecule has 0 aliphatic heterocycles. The van der Waals surface area contributed by atoms with Crippen molar-refractivity contribution in [3.8, 4) is 6.07 Å². The molecule has 7 nitrogen and oxygen atoms in total. The monoisotopic (exact) mass is 590 g/mol. The van der Waals surface area contributed by atoms with Gasteiger partial charge in [-0.15, -0.1) is 11.6 Å². The molecule has 0 fully saturated rings. The summed E-state index contributed by atoms with van der Waals surface area (Å²) in [5.74, 6) is 0.282. The molecule has 0 saturated carbocycles. The number of hydrogen-bond acceptors (Lipinski definition) is 5. The molecule has 2 unspecified atom stereocenters. The third-order valence-electron chi connectivity index (χ3n) is 6.99. The standard InChI is InChI=1S/C32H32Cl2N4O3/c1-20(23-7-10-25(33)11-8-23)37-19-27-12-14-30(41-27)24-9-13-29(34)28(16-24)32(40)38-26(17-31(39)36-2)15-21-3-5-22(18-35)6-4-21/h3-14,16,20,26,28-29,37H,15,17,19H2,1-2H3,(H,36,39)(H,38,40)/t20-,26-,28?,29?/m1/s1. The summed E-state index contributed by atoms with van der Waals surface area (Å²) in [6.45, 7) is 2.60. The maximum absolute atomic E-state index is 13.4. The minimum atomic E-state index is -0.651. The Morgan fingerprint density at radius 1 is 1.07 bits per heavy atom. The molecule has 4 rings (SSSR count). The van der Waals surface area contributed by atoms with Gasteiger partial charge in [0.15, 0.2) is 0 Å². The van der Waals surface area contributed by atoms with Crippen LogP contribution in [0.25, 0.3) is 5.57 Å². The van der Waals surface area contributed by atoms with Gasteiger partial charge in [0.05, 0.1) is 29.5 Å². The van der Waals surface area contributed by atoms with E-state index in [9.17, 15) is 9.59 Å². The number of nitriles is 1. The van der Waals surface area contributed by atoms with E-state index in [2.05, 4.69) is 28.9 Å². The molecule has 1 aliphatic carbocycles. The van der Waals surface area contributed by atoms with Crippen molar-refractivity contribution < 1.29 is 14.0 Å². The average molecular weight is 592 g/mol. The molecule has 9 heteroatoms. The van der Waals surface area contributed by atoms with Crippen molar-refractivity contribution in [2.24, 2.45) is 5.92 Å². The van der Waals surface area contributed by atoms with E-state index in [1.807, 2.05) is 54.6 Å². The molecule has 3 N–H and O–H groups in total. The summed E-state index contributed by atoms with van der Waals surface area (Å²) < 4.78 is 6.08. The van der Waals surface area contributed by atoms with E-state index in [0.29, 0.717) is 29.3 Å². The van der Waals surface area contributed by atoms with Crippen LogP contribution >= 0.6 is 23.2 Å². The van der Waals surface area contributed by atoms with Gasteiger partial charge in [0, 0.05) is 36.1 Å². The minimum absolute atomic E-state index is 0.103. The smallest absolute Gasteiger partial charge is 0.229 e. The molecule has 0 spiro atoms. The molecule has 1 heterocycles. The van der Waals surface area contributed by atoms with Crippen molar-refractivity contribution in [2.75, 3.05) is 7.05 Å². The number of nitrogens with one attached hydrogen (secondary N) is 3. The Hall–Kier alpha value is -3.83. The number of carbonyl (C=O) groups is 2. The van der Waals surface area contributed by atoms with Gasteiger partial charge < -0.3 is 20.4 Å². The van der Waals surface area contributed by atoms with E-state index in [1.165, 1.54) is 0 Å².